The molecule has 0 atom stereocenters. The van der Waals surface area contributed by atoms with Gasteiger partial charge in [-0.25, -0.2) is 10.1 Å². The van der Waals surface area contributed by atoms with Gasteiger partial charge < -0.3 is 4.74 Å². The SMILES string of the molecule is CCOc1ccccc1C(=O)NN=Cc1cn(-c2ccccc2)nc1-c1ccccc1. The van der Waals surface area contributed by atoms with Crippen molar-refractivity contribution in [2.24, 2.45) is 5.10 Å². The molecule has 0 spiro atoms. The fourth-order valence-electron chi connectivity index (χ4n) is 3.17. The lowest BCUT2D eigenvalue weighted by molar-refractivity contribution is 0.0951. The molecule has 1 N–H and O–H groups in total. The standard InChI is InChI=1S/C25H22N4O2/c1-2-31-23-16-10-9-15-22(23)25(30)27-26-17-20-18-29(21-13-7-4-8-14-21)28-24(20)19-11-5-3-6-12-19/h3-18H,2H2,1H3,(H,27,30). The van der Waals surface area contributed by atoms with Crippen LogP contribution in [-0.2, 0) is 0 Å². The smallest absolute Gasteiger partial charge is 0.275 e. The van der Waals surface area contributed by atoms with Crippen molar-refractivity contribution >= 4 is 12.1 Å². The minimum atomic E-state index is -0.336. The molecular weight excluding hydrogens is 388 g/mol. The molecule has 6 nitrogen and oxygen atoms in total. The van der Waals surface area contributed by atoms with Gasteiger partial charge in [0.05, 0.1) is 24.1 Å². The van der Waals surface area contributed by atoms with E-state index in [0.717, 1.165) is 22.5 Å². The van der Waals surface area contributed by atoms with Gasteiger partial charge in [-0.15, -0.1) is 0 Å². The molecule has 0 bridgehead atoms. The highest BCUT2D eigenvalue weighted by molar-refractivity contribution is 5.98. The number of aromatic nitrogens is 2. The number of carbonyl (C=O) groups excluding carboxylic acids is 1. The molecular formula is C25H22N4O2. The second-order valence-corrected chi connectivity index (χ2v) is 6.71. The van der Waals surface area contributed by atoms with Gasteiger partial charge in [0, 0.05) is 17.3 Å². The second-order valence-electron chi connectivity index (χ2n) is 6.71. The van der Waals surface area contributed by atoms with Gasteiger partial charge in [-0.3, -0.25) is 4.79 Å². The van der Waals surface area contributed by atoms with Crippen LogP contribution in [0.15, 0.2) is 96.2 Å². The Bertz CT molecular complexity index is 1180. The van der Waals surface area contributed by atoms with E-state index in [9.17, 15) is 4.79 Å². The number of amides is 1. The second kappa shape index (κ2) is 9.54. The number of hydrogen-bond acceptors (Lipinski definition) is 4. The molecule has 154 valence electrons. The van der Waals surface area contributed by atoms with Gasteiger partial charge >= 0.3 is 0 Å². The van der Waals surface area contributed by atoms with Crippen LogP contribution in [-0.4, -0.2) is 28.5 Å². The highest BCUT2D eigenvalue weighted by Gasteiger charge is 2.13. The van der Waals surface area contributed by atoms with Gasteiger partial charge in [0.25, 0.3) is 5.91 Å². The Morgan fingerprint density at radius 2 is 1.68 bits per heavy atom. The zero-order valence-electron chi connectivity index (χ0n) is 17.1. The molecule has 6 heteroatoms. The molecule has 0 aliphatic rings. The minimum absolute atomic E-state index is 0.336. The number of para-hydroxylation sites is 2. The zero-order valence-corrected chi connectivity index (χ0v) is 17.1. The predicted octanol–water partition coefficient (Wildman–Crippen LogP) is 4.70. The van der Waals surface area contributed by atoms with Crippen LogP contribution < -0.4 is 10.2 Å². The summed E-state index contributed by atoms with van der Waals surface area (Å²) in [4.78, 5) is 12.6. The van der Waals surface area contributed by atoms with E-state index >= 15 is 0 Å². The van der Waals surface area contributed by atoms with Crippen LogP contribution >= 0.6 is 0 Å². The quantitative estimate of drug-likeness (QED) is 0.355. The highest BCUT2D eigenvalue weighted by Crippen LogP contribution is 2.22. The monoisotopic (exact) mass is 410 g/mol. The first kappa shape index (κ1) is 20.1. The van der Waals surface area contributed by atoms with E-state index in [2.05, 4.69) is 10.5 Å². The van der Waals surface area contributed by atoms with Gasteiger partial charge in [-0.1, -0.05) is 60.7 Å². The van der Waals surface area contributed by atoms with E-state index in [1.807, 2.05) is 79.9 Å². The molecule has 0 saturated heterocycles. The zero-order chi connectivity index (χ0) is 21.5. The third kappa shape index (κ3) is 4.70. The average molecular weight is 410 g/mol. The average Bonchev–Trinajstić information content (AvgIpc) is 3.25. The summed E-state index contributed by atoms with van der Waals surface area (Å²) >= 11 is 0. The van der Waals surface area contributed by atoms with Gasteiger partial charge in [0.2, 0.25) is 0 Å². The van der Waals surface area contributed by atoms with Crippen molar-refractivity contribution in [1.82, 2.24) is 15.2 Å². The summed E-state index contributed by atoms with van der Waals surface area (Å²) in [5.74, 6) is 0.191. The van der Waals surface area contributed by atoms with Crippen LogP contribution in [0.3, 0.4) is 0 Å². The number of rotatable bonds is 7. The minimum Gasteiger partial charge on any atom is -0.493 e. The summed E-state index contributed by atoms with van der Waals surface area (Å²) in [7, 11) is 0. The third-order valence-corrected chi connectivity index (χ3v) is 4.61. The molecule has 4 rings (SSSR count). The first-order valence-electron chi connectivity index (χ1n) is 10.0. The van der Waals surface area contributed by atoms with E-state index in [0.29, 0.717) is 17.9 Å². The Morgan fingerprint density at radius 3 is 2.42 bits per heavy atom. The van der Waals surface area contributed by atoms with Crippen LogP contribution in [0.1, 0.15) is 22.8 Å². The van der Waals surface area contributed by atoms with Crippen molar-refractivity contribution in [3.63, 3.8) is 0 Å². The maximum Gasteiger partial charge on any atom is 0.275 e. The summed E-state index contributed by atoms with van der Waals surface area (Å²) in [5.41, 5.74) is 6.49. The predicted molar refractivity (Wildman–Crippen MR) is 122 cm³/mol. The van der Waals surface area contributed by atoms with Gasteiger partial charge in [0.15, 0.2) is 0 Å². The molecule has 0 saturated carbocycles. The van der Waals surface area contributed by atoms with Crippen molar-refractivity contribution < 1.29 is 9.53 Å². The number of nitrogens with zero attached hydrogens (tertiary/aromatic N) is 3. The van der Waals surface area contributed by atoms with Crippen LogP contribution in [0.2, 0.25) is 0 Å². The molecule has 0 aliphatic carbocycles. The van der Waals surface area contributed by atoms with Gasteiger partial charge in [-0.2, -0.15) is 10.2 Å². The largest absolute Gasteiger partial charge is 0.493 e. The normalized spacial score (nSPS) is 10.9. The Kier molecular flexibility index (Phi) is 6.18. The maximum absolute atomic E-state index is 12.6. The first-order valence-corrected chi connectivity index (χ1v) is 10.0. The summed E-state index contributed by atoms with van der Waals surface area (Å²) < 4.78 is 7.33. The molecule has 0 aliphatic heterocycles. The van der Waals surface area contributed by atoms with E-state index < -0.39 is 0 Å². The Hall–Kier alpha value is -4.19. The summed E-state index contributed by atoms with van der Waals surface area (Å²) in [5, 5.41) is 8.92. The van der Waals surface area contributed by atoms with E-state index in [1.165, 1.54) is 0 Å². The molecule has 0 fully saturated rings. The Labute approximate surface area is 180 Å². The van der Waals surface area contributed by atoms with Crippen LogP contribution in [0.5, 0.6) is 5.75 Å². The van der Waals surface area contributed by atoms with Crippen molar-refractivity contribution in [2.45, 2.75) is 6.92 Å². The van der Waals surface area contributed by atoms with E-state index in [4.69, 9.17) is 9.84 Å². The fraction of sp³-hybridized carbons (Fsp3) is 0.0800. The number of carbonyl (C=O) groups is 1. The van der Waals surface area contributed by atoms with Crippen molar-refractivity contribution in [3.8, 4) is 22.7 Å². The highest BCUT2D eigenvalue weighted by atomic mass is 16.5. The number of benzene rings is 3. The topological polar surface area (TPSA) is 68.5 Å². The Morgan fingerprint density at radius 1 is 1.00 bits per heavy atom. The van der Waals surface area contributed by atoms with Crippen molar-refractivity contribution in [3.05, 3.63) is 102 Å². The number of ether oxygens (including phenoxy) is 1. The van der Waals surface area contributed by atoms with Gasteiger partial charge in [-0.05, 0) is 31.2 Å². The Balaban J connectivity index is 1.61. The lowest BCUT2D eigenvalue weighted by Crippen LogP contribution is -2.18. The first-order chi connectivity index (χ1) is 15.3. The molecule has 3 aromatic carbocycles. The van der Waals surface area contributed by atoms with E-state index in [-0.39, 0.29) is 5.91 Å². The van der Waals surface area contributed by atoms with Crippen LogP contribution in [0.4, 0.5) is 0 Å². The molecule has 4 aromatic rings. The number of hydrogen-bond donors (Lipinski definition) is 1. The lowest BCUT2D eigenvalue weighted by atomic mass is 10.1. The van der Waals surface area contributed by atoms with Crippen LogP contribution in [0, 0.1) is 0 Å². The molecule has 1 heterocycles. The third-order valence-electron chi connectivity index (χ3n) is 4.61. The maximum atomic E-state index is 12.6. The van der Waals surface area contributed by atoms with Crippen LogP contribution in [0.25, 0.3) is 16.9 Å². The summed E-state index contributed by atoms with van der Waals surface area (Å²) in [6, 6.07) is 26.8. The molecule has 0 radical (unpaired) electrons. The van der Waals surface area contributed by atoms with E-state index in [1.54, 1.807) is 29.1 Å². The molecule has 1 aromatic heterocycles. The van der Waals surface area contributed by atoms with Crippen molar-refractivity contribution in [1.29, 1.82) is 0 Å². The fourth-order valence-corrected chi connectivity index (χ4v) is 3.17. The lowest BCUT2D eigenvalue weighted by Gasteiger charge is -2.08. The molecule has 31 heavy (non-hydrogen) atoms. The number of nitrogens with one attached hydrogen (secondary N) is 1. The molecule has 0 unspecified atom stereocenters. The van der Waals surface area contributed by atoms with Crippen molar-refractivity contribution in [2.75, 3.05) is 6.61 Å². The van der Waals surface area contributed by atoms with Gasteiger partial charge in [0.1, 0.15) is 11.4 Å². The molecule has 1 amide bonds. The summed E-state index contributed by atoms with van der Waals surface area (Å²) in [6.07, 6.45) is 3.50. The summed E-state index contributed by atoms with van der Waals surface area (Å²) in [6.45, 7) is 2.36. The number of hydrazone groups is 1.